The number of halogens is 1. The van der Waals surface area contributed by atoms with E-state index in [1.807, 2.05) is 50.8 Å². The van der Waals surface area contributed by atoms with Gasteiger partial charge in [0.25, 0.3) is 5.91 Å². The summed E-state index contributed by atoms with van der Waals surface area (Å²) in [5, 5.41) is 0.807. The molecule has 0 fully saturated rings. The van der Waals surface area contributed by atoms with Gasteiger partial charge in [0, 0.05) is 23.5 Å². The summed E-state index contributed by atoms with van der Waals surface area (Å²) >= 11 is 3.40. The number of carbonyl (C=O) groups is 1. The summed E-state index contributed by atoms with van der Waals surface area (Å²) < 4.78 is 0. The molecule has 0 aliphatic rings. The first-order chi connectivity index (χ1) is 7.97. The second kappa shape index (κ2) is 6.20. The van der Waals surface area contributed by atoms with Crippen LogP contribution in [0.3, 0.4) is 0 Å². The number of carbonyl (C=O) groups excluding carboxylic acids is 1. The summed E-state index contributed by atoms with van der Waals surface area (Å²) in [5.74, 6) is 0.126. The number of rotatable bonds is 4. The molecule has 3 heteroatoms. The van der Waals surface area contributed by atoms with Crippen LogP contribution in [0, 0.1) is 13.8 Å². The SMILES string of the molecule is Cc1ccc(C)c(C(=O)N(CCBr)C(C)C)c1. The second-order valence-corrected chi connectivity index (χ2v) is 5.39. The van der Waals surface area contributed by atoms with Crippen molar-refractivity contribution in [2.75, 3.05) is 11.9 Å². The maximum atomic E-state index is 12.5. The number of hydrogen-bond acceptors (Lipinski definition) is 1. The highest BCUT2D eigenvalue weighted by molar-refractivity contribution is 9.09. The zero-order chi connectivity index (χ0) is 13.0. The molecule has 94 valence electrons. The Morgan fingerprint density at radius 3 is 2.53 bits per heavy atom. The molecule has 1 aromatic carbocycles. The zero-order valence-corrected chi connectivity index (χ0v) is 12.5. The van der Waals surface area contributed by atoms with E-state index in [-0.39, 0.29) is 11.9 Å². The number of hydrogen-bond donors (Lipinski definition) is 0. The lowest BCUT2D eigenvalue weighted by atomic mass is 10.0. The highest BCUT2D eigenvalue weighted by atomic mass is 79.9. The lowest BCUT2D eigenvalue weighted by molar-refractivity contribution is 0.0718. The summed E-state index contributed by atoms with van der Waals surface area (Å²) in [6.45, 7) is 8.83. The van der Waals surface area contributed by atoms with E-state index < -0.39 is 0 Å². The Labute approximate surface area is 112 Å². The summed E-state index contributed by atoms with van der Waals surface area (Å²) in [5.41, 5.74) is 2.99. The van der Waals surface area contributed by atoms with Crippen LogP contribution in [0.25, 0.3) is 0 Å². The van der Waals surface area contributed by atoms with Crippen molar-refractivity contribution in [3.05, 3.63) is 34.9 Å². The van der Waals surface area contributed by atoms with Crippen molar-refractivity contribution in [1.82, 2.24) is 4.90 Å². The van der Waals surface area contributed by atoms with Crippen molar-refractivity contribution < 1.29 is 4.79 Å². The fourth-order valence-corrected chi connectivity index (χ4v) is 2.19. The third kappa shape index (κ3) is 3.56. The fraction of sp³-hybridized carbons (Fsp3) is 0.500. The van der Waals surface area contributed by atoms with E-state index in [0.717, 1.165) is 28.6 Å². The van der Waals surface area contributed by atoms with Crippen LogP contribution in [0.5, 0.6) is 0 Å². The Kier molecular flexibility index (Phi) is 5.19. The van der Waals surface area contributed by atoms with Gasteiger partial charge in [0.1, 0.15) is 0 Å². The molecule has 0 atom stereocenters. The number of nitrogens with zero attached hydrogens (tertiary/aromatic N) is 1. The van der Waals surface area contributed by atoms with Crippen LogP contribution >= 0.6 is 15.9 Å². The van der Waals surface area contributed by atoms with E-state index in [4.69, 9.17) is 0 Å². The Balaban J connectivity index is 3.04. The van der Waals surface area contributed by atoms with Gasteiger partial charge in [0.15, 0.2) is 0 Å². The molecule has 0 saturated heterocycles. The van der Waals surface area contributed by atoms with Crippen LogP contribution in [0.15, 0.2) is 18.2 Å². The number of amides is 1. The first-order valence-electron chi connectivity index (χ1n) is 5.91. The van der Waals surface area contributed by atoms with Gasteiger partial charge in [-0.05, 0) is 39.3 Å². The molecule has 0 aromatic heterocycles. The average Bonchev–Trinajstić information content (AvgIpc) is 2.28. The number of alkyl halides is 1. The standard InChI is InChI=1S/C14H20BrNO/c1-10(2)16(8-7-15)14(17)13-9-11(3)5-6-12(13)4/h5-6,9-10H,7-8H2,1-4H3. The molecule has 1 rings (SSSR count). The molecule has 0 heterocycles. The van der Waals surface area contributed by atoms with Crippen LogP contribution < -0.4 is 0 Å². The van der Waals surface area contributed by atoms with Crippen molar-refractivity contribution in [2.24, 2.45) is 0 Å². The summed E-state index contributed by atoms with van der Waals surface area (Å²) in [6, 6.07) is 6.24. The van der Waals surface area contributed by atoms with Crippen LogP contribution in [-0.4, -0.2) is 28.7 Å². The third-order valence-corrected chi connectivity index (χ3v) is 3.19. The van der Waals surface area contributed by atoms with Crippen molar-refractivity contribution >= 4 is 21.8 Å². The largest absolute Gasteiger partial charge is 0.335 e. The maximum absolute atomic E-state index is 12.5. The highest BCUT2D eigenvalue weighted by Gasteiger charge is 2.19. The van der Waals surface area contributed by atoms with E-state index in [9.17, 15) is 4.79 Å². The molecule has 1 amide bonds. The molecule has 0 radical (unpaired) electrons. The van der Waals surface area contributed by atoms with Crippen molar-refractivity contribution in [3.8, 4) is 0 Å². The topological polar surface area (TPSA) is 20.3 Å². The van der Waals surface area contributed by atoms with E-state index in [2.05, 4.69) is 15.9 Å². The van der Waals surface area contributed by atoms with Crippen LogP contribution in [0.4, 0.5) is 0 Å². The van der Waals surface area contributed by atoms with E-state index >= 15 is 0 Å². The molecule has 0 unspecified atom stereocenters. The molecule has 17 heavy (non-hydrogen) atoms. The minimum absolute atomic E-state index is 0.126. The second-order valence-electron chi connectivity index (χ2n) is 4.60. The molecular formula is C14H20BrNO. The Morgan fingerprint density at radius 1 is 1.35 bits per heavy atom. The van der Waals surface area contributed by atoms with Gasteiger partial charge in [0.05, 0.1) is 0 Å². The van der Waals surface area contributed by atoms with E-state index in [1.165, 1.54) is 0 Å². The van der Waals surface area contributed by atoms with Crippen molar-refractivity contribution in [1.29, 1.82) is 0 Å². The first kappa shape index (κ1) is 14.2. The van der Waals surface area contributed by atoms with Crippen LogP contribution in [0.2, 0.25) is 0 Å². The molecule has 0 aliphatic heterocycles. The lowest BCUT2D eigenvalue weighted by Crippen LogP contribution is -2.38. The summed E-state index contributed by atoms with van der Waals surface area (Å²) in [7, 11) is 0. The molecule has 0 bridgehead atoms. The summed E-state index contributed by atoms with van der Waals surface area (Å²) in [4.78, 5) is 14.4. The zero-order valence-electron chi connectivity index (χ0n) is 11.0. The quantitative estimate of drug-likeness (QED) is 0.778. The smallest absolute Gasteiger partial charge is 0.254 e. The first-order valence-corrected chi connectivity index (χ1v) is 7.03. The van der Waals surface area contributed by atoms with Gasteiger partial charge in [-0.15, -0.1) is 0 Å². The predicted octanol–water partition coefficient (Wildman–Crippen LogP) is 3.55. The van der Waals surface area contributed by atoms with E-state index in [0.29, 0.717) is 0 Å². The van der Waals surface area contributed by atoms with Gasteiger partial charge in [0.2, 0.25) is 0 Å². The van der Waals surface area contributed by atoms with Crippen LogP contribution in [-0.2, 0) is 0 Å². The fourth-order valence-electron chi connectivity index (χ4n) is 1.81. The Morgan fingerprint density at radius 2 is 2.00 bits per heavy atom. The van der Waals surface area contributed by atoms with Gasteiger partial charge in [-0.1, -0.05) is 33.6 Å². The van der Waals surface area contributed by atoms with Crippen molar-refractivity contribution in [3.63, 3.8) is 0 Å². The molecule has 2 nitrogen and oxygen atoms in total. The van der Waals surface area contributed by atoms with Gasteiger partial charge in [-0.25, -0.2) is 0 Å². The van der Waals surface area contributed by atoms with Crippen molar-refractivity contribution in [2.45, 2.75) is 33.7 Å². The van der Waals surface area contributed by atoms with Gasteiger partial charge in [-0.3, -0.25) is 4.79 Å². The molecule has 0 aliphatic carbocycles. The Hall–Kier alpha value is -0.830. The third-order valence-electron chi connectivity index (χ3n) is 2.83. The Bertz CT molecular complexity index is 401. The average molecular weight is 298 g/mol. The van der Waals surface area contributed by atoms with Gasteiger partial charge < -0.3 is 4.90 Å². The highest BCUT2D eigenvalue weighted by Crippen LogP contribution is 2.15. The molecule has 0 saturated carbocycles. The maximum Gasteiger partial charge on any atom is 0.254 e. The molecular weight excluding hydrogens is 278 g/mol. The minimum Gasteiger partial charge on any atom is -0.335 e. The molecule has 0 N–H and O–H groups in total. The summed E-state index contributed by atoms with van der Waals surface area (Å²) in [6.07, 6.45) is 0. The number of aryl methyl sites for hydroxylation is 2. The monoisotopic (exact) mass is 297 g/mol. The minimum atomic E-state index is 0.126. The van der Waals surface area contributed by atoms with Gasteiger partial charge in [-0.2, -0.15) is 0 Å². The van der Waals surface area contributed by atoms with Crippen LogP contribution in [0.1, 0.15) is 35.3 Å². The lowest BCUT2D eigenvalue weighted by Gasteiger charge is -2.26. The van der Waals surface area contributed by atoms with Gasteiger partial charge >= 0.3 is 0 Å². The van der Waals surface area contributed by atoms with E-state index in [1.54, 1.807) is 0 Å². The predicted molar refractivity (Wildman–Crippen MR) is 75.9 cm³/mol. The normalized spacial score (nSPS) is 10.7. The molecule has 0 spiro atoms. The molecule has 1 aromatic rings. The number of benzene rings is 1.